The molecule has 0 spiro atoms. The Morgan fingerprint density at radius 2 is 1.50 bits per heavy atom. The third-order valence-corrected chi connectivity index (χ3v) is 3.49. The van der Waals surface area contributed by atoms with Gasteiger partial charge in [-0.15, -0.1) is 24.0 Å². The highest BCUT2D eigenvalue weighted by Crippen LogP contribution is 2.02. The number of ether oxygens (including phenoxy) is 2. The quantitative estimate of drug-likeness (QED) is 0.171. The fourth-order valence-corrected chi connectivity index (χ4v) is 2.14. The summed E-state index contributed by atoms with van der Waals surface area (Å²) >= 11 is 0. The SMILES string of the molecule is CN=C(NCCCCCCCN(C)C)NCCCOCCOC.I. The molecule has 0 heterocycles. The van der Waals surface area contributed by atoms with Crippen LogP contribution in [0.1, 0.15) is 38.5 Å². The summed E-state index contributed by atoms with van der Waals surface area (Å²) in [7, 11) is 7.76. The minimum Gasteiger partial charge on any atom is -0.382 e. The van der Waals surface area contributed by atoms with Crippen molar-refractivity contribution < 1.29 is 9.47 Å². The maximum absolute atomic E-state index is 5.42. The molecule has 0 unspecified atom stereocenters. The Balaban J connectivity index is 0. The van der Waals surface area contributed by atoms with E-state index in [4.69, 9.17) is 9.47 Å². The van der Waals surface area contributed by atoms with Gasteiger partial charge in [0.25, 0.3) is 0 Å². The van der Waals surface area contributed by atoms with Gasteiger partial charge in [-0.25, -0.2) is 0 Å². The zero-order valence-corrected chi connectivity index (χ0v) is 18.4. The van der Waals surface area contributed by atoms with Crippen LogP contribution in [0.5, 0.6) is 0 Å². The maximum Gasteiger partial charge on any atom is 0.190 e. The molecule has 0 aromatic heterocycles. The molecule has 0 rings (SSSR count). The number of nitrogens with one attached hydrogen (secondary N) is 2. The maximum atomic E-state index is 5.42. The van der Waals surface area contributed by atoms with Crippen LogP contribution in [0.2, 0.25) is 0 Å². The average molecular weight is 458 g/mol. The van der Waals surface area contributed by atoms with Crippen LogP contribution in [-0.4, -0.2) is 78.6 Å². The third-order valence-electron chi connectivity index (χ3n) is 3.49. The number of unbranched alkanes of at least 4 members (excludes halogenated alkanes) is 4. The van der Waals surface area contributed by atoms with Gasteiger partial charge in [-0.2, -0.15) is 0 Å². The number of methoxy groups -OCH3 is 1. The van der Waals surface area contributed by atoms with E-state index < -0.39 is 0 Å². The van der Waals surface area contributed by atoms with Crippen LogP contribution in [0.15, 0.2) is 4.99 Å². The van der Waals surface area contributed by atoms with E-state index in [0.29, 0.717) is 13.2 Å². The van der Waals surface area contributed by atoms with Gasteiger partial charge in [0.2, 0.25) is 0 Å². The summed E-state index contributed by atoms with van der Waals surface area (Å²) in [6.45, 7) is 5.13. The van der Waals surface area contributed by atoms with E-state index in [0.717, 1.165) is 32.1 Å². The largest absolute Gasteiger partial charge is 0.382 e. The zero-order valence-electron chi connectivity index (χ0n) is 16.1. The standard InChI is InChI=1S/C17H38N4O2.HI/c1-18-17(20-12-10-14-23-16-15-22-4)19-11-8-6-5-7-9-13-21(2)3;/h5-16H2,1-4H3,(H2,18,19,20);1H. The lowest BCUT2D eigenvalue weighted by Crippen LogP contribution is -2.38. The molecule has 146 valence electrons. The van der Waals surface area contributed by atoms with E-state index >= 15 is 0 Å². The molecular weight excluding hydrogens is 419 g/mol. The molecular formula is C17H39IN4O2. The van der Waals surface area contributed by atoms with Gasteiger partial charge in [-0.3, -0.25) is 4.99 Å². The van der Waals surface area contributed by atoms with Crippen LogP contribution in [0, 0.1) is 0 Å². The number of guanidine groups is 1. The fraction of sp³-hybridized carbons (Fsp3) is 0.941. The molecule has 6 nitrogen and oxygen atoms in total. The number of nitrogens with zero attached hydrogens (tertiary/aromatic N) is 2. The van der Waals surface area contributed by atoms with Crippen molar-refractivity contribution in [2.45, 2.75) is 38.5 Å². The predicted molar refractivity (Wildman–Crippen MR) is 114 cm³/mol. The second-order valence-electron chi connectivity index (χ2n) is 5.96. The Labute approximate surface area is 166 Å². The zero-order chi connectivity index (χ0) is 17.2. The van der Waals surface area contributed by atoms with Crippen molar-refractivity contribution in [3.63, 3.8) is 0 Å². The molecule has 0 fully saturated rings. The lowest BCUT2D eigenvalue weighted by atomic mass is 10.1. The van der Waals surface area contributed by atoms with Crippen LogP contribution in [-0.2, 0) is 9.47 Å². The Bertz CT molecular complexity index is 279. The molecule has 2 N–H and O–H groups in total. The lowest BCUT2D eigenvalue weighted by molar-refractivity contribution is 0.0698. The summed E-state index contributed by atoms with van der Waals surface area (Å²) in [5, 5.41) is 6.67. The minimum absolute atomic E-state index is 0. The summed E-state index contributed by atoms with van der Waals surface area (Å²) < 4.78 is 10.3. The fourth-order valence-electron chi connectivity index (χ4n) is 2.14. The molecule has 0 aliphatic carbocycles. The molecule has 0 saturated heterocycles. The van der Waals surface area contributed by atoms with Crippen molar-refractivity contribution in [1.82, 2.24) is 15.5 Å². The summed E-state index contributed by atoms with van der Waals surface area (Å²) in [5.41, 5.74) is 0. The monoisotopic (exact) mass is 458 g/mol. The highest BCUT2D eigenvalue weighted by atomic mass is 127. The van der Waals surface area contributed by atoms with Crippen molar-refractivity contribution in [3.05, 3.63) is 0 Å². The Hall–Kier alpha value is -0.120. The van der Waals surface area contributed by atoms with E-state index in [1.807, 2.05) is 7.05 Å². The second-order valence-corrected chi connectivity index (χ2v) is 5.96. The normalized spacial score (nSPS) is 11.5. The molecule has 0 saturated carbocycles. The number of hydrogen-bond acceptors (Lipinski definition) is 4. The van der Waals surface area contributed by atoms with Gasteiger partial charge >= 0.3 is 0 Å². The van der Waals surface area contributed by atoms with Crippen LogP contribution in [0.3, 0.4) is 0 Å². The first-order valence-corrected chi connectivity index (χ1v) is 8.86. The number of rotatable bonds is 15. The highest BCUT2D eigenvalue weighted by molar-refractivity contribution is 14.0. The van der Waals surface area contributed by atoms with Gasteiger partial charge in [0.1, 0.15) is 0 Å². The molecule has 0 aromatic rings. The first-order chi connectivity index (χ1) is 11.2. The predicted octanol–water partition coefficient (Wildman–Crippen LogP) is 2.33. The third kappa shape index (κ3) is 19.9. The van der Waals surface area contributed by atoms with Crippen LogP contribution in [0.4, 0.5) is 0 Å². The lowest BCUT2D eigenvalue weighted by Gasteiger charge is -2.12. The van der Waals surface area contributed by atoms with E-state index in [2.05, 4.69) is 34.6 Å². The summed E-state index contributed by atoms with van der Waals surface area (Å²) in [6, 6.07) is 0. The van der Waals surface area contributed by atoms with Crippen molar-refractivity contribution >= 4 is 29.9 Å². The van der Waals surface area contributed by atoms with Gasteiger partial charge in [-0.1, -0.05) is 19.3 Å². The van der Waals surface area contributed by atoms with Crippen LogP contribution >= 0.6 is 24.0 Å². The molecule has 0 aliphatic rings. The minimum atomic E-state index is 0. The van der Waals surface area contributed by atoms with Gasteiger partial charge < -0.3 is 25.0 Å². The van der Waals surface area contributed by atoms with E-state index in [-0.39, 0.29) is 24.0 Å². The summed E-state index contributed by atoms with van der Waals surface area (Å²) in [4.78, 5) is 6.48. The van der Waals surface area contributed by atoms with E-state index in [1.165, 1.54) is 38.6 Å². The number of aliphatic imine (C=N–C) groups is 1. The molecule has 0 amide bonds. The highest BCUT2D eigenvalue weighted by Gasteiger charge is 1.97. The topological polar surface area (TPSA) is 58.1 Å². The van der Waals surface area contributed by atoms with E-state index in [1.54, 1.807) is 7.11 Å². The van der Waals surface area contributed by atoms with Gasteiger partial charge in [0.05, 0.1) is 13.2 Å². The molecule has 0 radical (unpaired) electrons. The Kier molecular flexibility index (Phi) is 22.8. The molecule has 0 aliphatic heterocycles. The first-order valence-electron chi connectivity index (χ1n) is 8.86. The van der Waals surface area contributed by atoms with Crippen molar-refractivity contribution in [2.75, 3.05) is 67.7 Å². The summed E-state index contributed by atoms with van der Waals surface area (Å²) in [6.07, 6.45) is 7.40. The summed E-state index contributed by atoms with van der Waals surface area (Å²) in [5.74, 6) is 0.884. The van der Waals surface area contributed by atoms with Crippen LogP contribution in [0.25, 0.3) is 0 Å². The molecule has 0 bridgehead atoms. The molecule has 0 atom stereocenters. The van der Waals surface area contributed by atoms with Gasteiger partial charge in [-0.05, 0) is 39.9 Å². The number of hydrogen-bond donors (Lipinski definition) is 2. The average Bonchev–Trinajstić information content (AvgIpc) is 2.54. The van der Waals surface area contributed by atoms with Crippen molar-refractivity contribution in [1.29, 1.82) is 0 Å². The molecule has 24 heavy (non-hydrogen) atoms. The molecule has 0 aromatic carbocycles. The van der Waals surface area contributed by atoms with Crippen molar-refractivity contribution in [2.24, 2.45) is 4.99 Å². The van der Waals surface area contributed by atoms with Gasteiger partial charge in [0, 0.05) is 33.9 Å². The van der Waals surface area contributed by atoms with Gasteiger partial charge in [0.15, 0.2) is 5.96 Å². The van der Waals surface area contributed by atoms with Crippen molar-refractivity contribution in [3.8, 4) is 0 Å². The Morgan fingerprint density at radius 3 is 2.12 bits per heavy atom. The first kappa shape index (κ1) is 26.1. The smallest absolute Gasteiger partial charge is 0.190 e. The Morgan fingerprint density at radius 1 is 0.875 bits per heavy atom. The number of halogens is 1. The molecule has 7 heteroatoms. The second kappa shape index (κ2) is 20.9. The van der Waals surface area contributed by atoms with E-state index in [9.17, 15) is 0 Å². The van der Waals surface area contributed by atoms with Crippen LogP contribution < -0.4 is 10.6 Å².